The van der Waals surface area contributed by atoms with E-state index in [1.165, 1.54) is 24.3 Å². The van der Waals surface area contributed by atoms with Gasteiger partial charge in [-0.3, -0.25) is 0 Å². The van der Waals surface area contributed by atoms with Crippen LogP contribution in [0.3, 0.4) is 0 Å². The molecule has 108 valence electrons. The third kappa shape index (κ3) is 3.16. The standard InChI is InChI=1S/C13H16N2O4S/c14-9-11-2-1-3-12(8-11)20(17,18)15-13(10-16)4-6-19-7-5-13/h1-3,8,15-16H,4-7,10H2. The lowest BCUT2D eigenvalue weighted by molar-refractivity contribution is 0.0223. The van der Waals surface area contributed by atoms with E-state index in [0.717, 1.165) is 0 Å². The largest absolute Gasteiger partial charge is 0.394 e. The number of nitrogens with one attached hydrogen (secondary N) is 1. The number of nitriles is 1. The van der Waals surface area contributed by atoms with Crippen LogP contribution in [0.25, 0.3) is 0 Å². The molecule has 0 spiro atoms. The first kappa shape index (κ1) is 14.9. The average molecular weight is 296 g/mol. The molecule has 0 radical (unpaired) electrons. The second kappa shape index (κ2) is 5.89. The van der Waals surface area contributed by atoms with Gasteiger partial charge in [0, 0.05) is 13.2 Å². The van der Waals surface area contributed by atoms with Crippen molar-refractivity contribution in [1.82, 2.24) is 4.72 Å². The van der Waals surface area contributed by atoms with Gasteiger partial charge in [-0.15, -0.1) is 0 Å². The maximum atomic E-state index is 12.4. The van der Waals surface area contributed by atoms with Crippen molar-refractivity contribution < 1.29 is 18.3 Å². The van der Waals surface area contributed by atoms with Crippen LogP contribution in [0.1, 0.15) is 18.4 Å². The normalized spacial score (nSPS) is 18.4. The summed E-state index contributed by atoms with van der Waals surface area (Å²) in [4.78, 5) is 0.0240. The predicted octanol–water partition coefficient (Wildman–Crippen LogP) is 0.378. The Labute approximate surface area is 118 Å². The summed E-state index contributed by atoms with van der Waals surface area (Å²) in [5.74, 6) is 0. The van der Waals surface area contributed by atoms with E-state index in [2.05, 4.69) is 4.72 Å². The molecule has 0 saturated carbocycles. The maximum Gasteiger partial charge on any atom is 0.241 e. The number of hydrogen-bond donors (Lipinski definition) is 2. The molecule has 1 aliphatic heterocycles. The number of aliphatic hydroxyl groups is 1. The molecule has 1 aromatic rings. The second-order valence-corrected chi connectivity index (χ2v) is 6.48. The molecule has 0 unspecified atom stereocenters. The number of hydrogen-bond acceptors (Lipinski definition) is 5. The number of benzene rings is 1. The highest BCUT2D eigenvalue weighted by Gasteiger charge is 2.36. The Morgan fingerprint density at radius 1 is 1.40 bits per heavy atom. The van der Waals surface area contributed by atoms with Crippen molar-refractivity contribution in [3.05, 3.63) is 29.8 Å². The molecular weight excluding hydrogens is 280 g/mol. The van der Waals surface area contributed by atoms with E-state index in [1.54, 1.807) is 0 Å². The van der Waals surface area contributed by atoms with Crippen molar-refractivity contribution in [1.29, 1.82) is 5.26 Å². The molecule has 1 heterocycles. The van der Waals surface area contributed by atoms with E-state index in [-0.39, 0.29) is 17.1 Å². The molecule has 7 heteroatoms. The molecule has 0 amide bonds. The Balaban J connectivity index is 2.28. The van der Waals surface area contributed by atoms with Crippen molar-refractivity contribution >= 4 is 10.0 Å². The summed E-state index contributed by atoms with van der Waals surface area (Å²) >= 11 is 0. The van der Waals surface area contributed by atoms with Gasteiger partial charge in [0.1, 0.15) is 0 Å². The molecule has 6 nitrogen and oxygen atoms in total. The topological polar surface area (TPSA) is 99.4 Å². The quantitative estimate of drug-likeness (QED) is 0.836. The number of nitrogens with zero attached hydrogens (tertiary/aromatic N) is 1. The van der Waals surface area contributed by atoms with Crippen molar-refractivity contribution in [3.8, 4) is 6.07 Å². The van der Waals surface area contributed by atoms with Crippen LogP contribution in [0, 0.1) is 11.3 Å². The smallest absolute Gasteiger partial charge is 0.241 e. The van der Waals surface area contributed by atoms with Crippen molar-refractivity contribution in [2.75, 3.05) is 19.8 Å². The Morgan fingerprint density at radius 2 is 2.10 bits per heavy atom. The summed E-state index contributed by atoms with van der Waals surface area (Å²) < 4.78 is 32.5. The van der Waals surface area contributed by atoms with Crippen LogP contribution in [0.2, 0.25) is 0 Å². The van der Waals surface area contributed by atoms with Gasteiger partial charge < -0.3 is 9.84 Å². The molecule has 0 aromatic heterocycles. The van der Waals surface area contributed by atoms with Crippen LogP contribution < -0.4 is 4.72 Å². The number of ether oxygens (including phenoxy) is 1. The molecular formula is C13H16N2O4S. The SMILES string of the molecule is N#Cc1cccc(S(=O)(=O)NC2(CO)CCOCC2)c1. The first-order chi connectivity index (χ1) is 9.51. The van der Waals surface area contributed by atoms with Crippen molar-refractivity contribution in [2.45, 2.75) is 23.3 Å². The molecule has 20 heavy (non-hydrogen) atoms. The van der Waals surface area contributed by atoms with Crippen molar-refractivity contribution in [3.63, 3.8) is 0 Å². The Bertz CT molecular complexity index is 616. The molecule has 1 saturated heterocycles. The number of sulfonamides is 1. The molecule has 2 rings (SSSR count). The molecule has 1 aliphatic rings. The number of aliphatic hydroxyl groups excluding tert-OH is 1. The first-order valence-electron chi connectivity index (χ1n) is 6.24. The maximum absolute atomic E-state index is 12.4. The van der Waals surface area contributed by atoms with Crippen LogP contribution in [0.4, 0.5) is 0 Å². The Kier molecular flexibility index (Phi) is 4.40. The third-order valence-corrected chi connectivity index (χ3v) is 4.95. The van der Waals surface area contributed by atoms with Crippen LogP contribution in [0.5, 0.6) is 0 Å². The fourth-order valence-electron chi connectivity index (χ4n) is 2.13. The molecule has 0 aliphatic carbocycles. The van der Waals surface area contributed by atoms with Crippen LogP contribution >= 0.6 is 0 Å². The summed E-state index contributed by atoms with van der Waals surface area (Å²) in [5, 5.41) is 18.3. The summed E-state index contributed by atoms with van der Waals surface area (Å²) in [7, 11) is -3.78. The van der Waals surface area contributed by atoms with Gasteiger partial charge in [-0.25, -0.2) is 13.1 Å². The lowest BCUT2D eigenvalue weighted by Crippen LogP contribution is -2.54. The highest BCUT2D eigenvalue weighted by Crippen LogP contribution is 2.23. The van der Waals surface area contributed by atoms with E-state index in [0.29, 0.717) is 26.1 Å². The summed E-state index contributed by atoms with van der Waals surface area (Å²) in [6, 6.07) is 7.69. The van der Waals surface area contributed by atoms with Gasteiger partial charge >= 0.3 is 0 Å². The Hall–Kier alpha value is -1.46. The van der Waals surface area contributed by atoms with E-state index in [9.17, 15) is 13.5 Å². The van der Waals surface area contributed by atoms with E-state index in [4.69, 9.17) is 10.00 Å². The zero-order valence-corrected chi connectivity index (χ0v) is 11.7. The third-order valence-electron chi connectivity index (χ3n) is 3.38. The molecule has 1 aromatic carbocycles. The van der Waals surface area contributed by atoms with Gasteiger partial charge in [-0.05, 0) is 31.0 Å². The lowest BCUT2D eigenvalue weighted by Gasteiger charge is -2.35. The van der Waals surface area contributed by atoms with Gasteiger partial charge in [-0.1, -0.05) is 6.07 Å². The minimum atomic E-state index is -3.78. The fraction of sp³-hybridized carbons (Fsp3) is 0.462. The highest BCUT2D eigenvalue weighted by molar-refractivity contribution is 7.89. The second-order valence-electron chi connectivity index (χ2n) is 4.80. The predicted molar refractivity (Wildman–Crippen MR) is 71.3 cm³/mol. The van der Waals surface area contributed by atoms with Gasteiger partial charge in [-0.2, -0.15) is 5.26 Å². The van der Waals surface area contributed by atoms with Crippen LogP contribution in [-0.4, -0.2) is 38.9 Å². The molecule has 0 atom stereocenters. The molecule has 1 fully saturated rings. The van der Waals surface area contributed by atoms with Gasteiger partial charge in [0.05, 0.1) is 28.7 Å². The van der Waals surface area contributed by atoms with Crippen LogP contribution in [-0.2, 0) is 14.8 Å². The first-order valence-corrected chi connectivity index (χ1v) is 7.72. The lowest BCUT2D eigenvalue weighted by atomic mass is 9.93. The zero-order valence-electron chi connectivity index (χ0n) is 10.9. The minimum Gasteiger partial charge on any atom is -0.394 e. The Morgan fingerprint density at radius 3 is 2.70 bits per heavy atom. The monoisotopic (exact) mass is 296 g/mol. The molecule has 0 bridgehead atoms. The van der Waals surface area contributed by atoms with Gasteiger partial charge in [0.2, 0.25) is 10.0 Å². The number of rotatable bonds is 4. The summed E-state index contributed by atoms with van der Waals surface area (Å²) in [6.45, 7) is 0.524. The molecule has 2 N–H and O–H groups in total. The fourth-order valence-corrected chi connectivity index (χ4v) is 3.63. The van der Waals surface area contributed by atoms with Gasteiger partial charge in [0.15, 0.2) is 0 Å². The van der Waals surface area contributed by atoms with E-state index >= 15 is 0 Å². The average Bonchev–Trinajstić information content (AvgIpc) is 2.48. The minimum absolute atomic E-state index is 0.0240. The van der Waals surface area contributed by atoms with Gasteiger partial charge in [0.25, 0.3) is 0 Å². The summed E-state index contributed by atoms with van der Waals surface area (Å²) in [5.41, 5.74) is -0.613. The zero-order chi connectivity index (χ0) is 14.6. The van der Waals surface area contributed by atoms with Crippen LogP contribution in [0.15, 0.2) is 29.2 Å². The van der Waals surface area contributed by atoms with E-state index < -0.39 is 15.6 Å². The van der Waals surface area contributed by atoms with Crippen molar-refractivity contribution in [2.24, 2.45) is 0 Å². The summed E-state index contributed by atoms with van der Waals surface area (Å²) in [6.07, 6.45) is 0.835. The highest BCUT2D eigenvalue weighted by atomic mass is 32.2. The van der Waals surface area contributed by atoms with E-state index in [1.807, 2.05) is 6.07 Å².